The third kappa shape index (κ3) is 5.23. The van der Waals surface area contributed by atoms with Gasteiger partial charge in [0.05, 0.1) is 0 Å². The highest BCUT2D eigenvalue weighted by Crippen LogP contribution is 2.61. The first kappa shape index (κ1) is 34.3. The van der Waals surface area contributed by atoms with Gasteiger partial charge in [-0.3, -0.25) is 0 Å². The molecule has 4 rings (SSSR count). The number of carbonyl (C=O) groups is 2. The molecule has 4 saturated carbocycles. The summed E-state index contributed by atoms with van der Waals surface area (Å²) in [7, 11) is -15.5. The van der Waals surface area contributed by atoms with Crippen molar-refractivity contribution in [3.8, 4) is 0 Å². The first-order valence-electron chi connectivity index (χ1n) is 11.5. The topological polar surface area (TPSA) is 133 Å². The van der Waals surface area contributed by atoms with Gasteiger partial charge >= 0.3 is 50.5 Å². The fourth-order valence-corrected chi connectivity index (χ4v) is 8.48. The minimum absolute atomic E-state index is 0.0583. The Bertz CT molecular complexity index is 1380. The van der Waals surface area contributed by atoms with Gasteiger partial charge in [0.1, 0.15) is 11.2 Å². The predicted molar refractivity (Wildman–Crippen MR) is 114 cm³/mol. The Balaban J connectivity index is 1.88. The van der Waals surface area contributed by atoms with Crippen molar-refractivity contribution in [1.29, 1.82) is 0 Å². The molecule has 22 heteroatoms. The summed E-state index contributed by atoms with van der Waals surface area (Å²) >= 11 is 0. The van der Waals surface area contributed by atoms with Crippen molar-refractivity contribution in [2.45, 2.75) is 85.2 Å². The van der Waals surface area contributed by atoms with E-state index in [-0.39, 0.29) is 31.3 Å². The van der Waals surface area contributed by atoms with Gasteiger partial charge in [-0.1, -0.05) is 10.7 Å². The smallest absolute Gasteiger partial charge is 0.456 e. The number of esters is 2. The predicted octanol–water partition coefficient (Wildman–Crippen LogP) is 4.01. The third-order valence-electron chi connectivity index (χ3n) is 7.17. The van der Waals surface area contributed by atoms with Crippen LogP contribution in [-0.2, 0) is 39.1 Å². The number of alkyl halides is 11. The maximum Gasteiger partial charge on any atom is 0.460 e. The van der Waals surface area contributed by atoms with E-state index in [0.717, 1.165) is 0 Å². The lowest BCUT2D eigenvalue weighted by Gasteiger charge is -2.60. The molecule has 0 aromatic rings. The Hall–Kier alpha value is -2.23. The molecular formula is C20H20F11NO8S2. The van der Waals surface area contributed by atoms with Crippen LogP contribution in [0.5, 0.6) is 0 Å². The lowest BCUT2D eigenvalue weighted by molar-refractivity contribution is -0.382. The Kier molecular flexibility index (Phi) is 7.86. The standard InChI is InChI=1S/C20H20F11NO8S2/c1-9(2)12(33)39-14-4-10-3-11(5-14)7-15(6-10,8-14)40-13(34)16(21,22)41(35,36)32-42(37,38)20(30,31)18(25,26)17(23,24)19(27,28)29/h10-11,32H,1,3-8H2,2H3. The third-order valence-corrected chi connectivity index (χ3v) is 10.7. The number of hydrogen-bond acceptors (Lipinski definition) is 8. The van der Waals surface area contributed by atoms with Crippen LogP contribution in [-0.4, -0.2) is 68.5 Å². The van der Waals surface area contributed by atoms with Crippen LogP contribution in [0.2, 0.25) is 0 Å². The van der Waals surface area contributed by atoms with Crippen LogP contribution >= 0.6 is 0 Å². The average molecular weight is 675 g/mol. The minimum atomic E-state index is -8.07. The van der Waals surface area contributed by atoms with Crippen LogP contribution in [0.1, 0.15) is 45.4 Å². The van der Waals surface area contributed by atoms with Crippen molar-refractivity contribution in [2.75, 3.05) is 0 Å². The highest BCUT2D eigenvalue weighted by Gasteiger charge is 2.86. The van der Waals surface area contributed by atoms with Crippen LogP contribution in [0.4, 0.5) is 48.3 Å². The Morgan fingerprint density at radius 3 is 1.60 bits per heavy atom. The molecule has 2 atom stereocenters. The molecule has 242 valence electrons. The van der Waals surface area contributed by atoms with E-state index in [1.54, 1.807) is 0 Å². The minimum Gasteiger partial charge on any atom is -0.456 e. The Labute approximate surface area is 229 Å². The molecule has 1 N–H and O–H groups in total. The summed E-state index contributed by atoms with van der Waals surface area (Å²) in [5, 5.41) is -13.9. The van der Waals surface area contributed by atoms with Crippen molar-refractivity contribution in [1.82, 2.24) is 4.13 Å². The van der Waals surface area contributed by atoms with Crippen molar-refractivity contribution in [2.24, 2.45) is 11.8 Å². The zero-order valence-corrected chi connectivity index (χ0v) is 22.5. The lowest BCUT2D eigenvalue weighted by Crippen LogP contribution is -2.66. The molecule has 2 unspecified atom stereocenters. The molecule has 0 aromatic heterocycles. The van der Waals surface area contributed by atoms with E-state index in [1.165, 1.54) is 6.92 Å². The van der Waals surface area contributed by atoms with E-state index in [9.17, 15) is 74.7 Å². The summed E-state index contributed by atoms with van der Waals surface area (Å²) in [6, 6.07) is 0. The summed E-state index contributed by atoms with van der Waals surface area (Å²) in [5.41, 5.74) is -3.40. The van der Waals surface area contributed by atoms with Crippen LogP contribution in [0.25, 0.3) is 0 Å². The number of ether oxygens (including phenoxy) is 2. The van der Waals surface area contributed by atoms with Gasteiger partial charge < -0.3 is 9.47 Å². The second-order valence-electron chi connectivity index (χ2n) is 10.7. The molecule has 0 radical (unpaired) electrons. The molecule has 4 fully saturated rings. The molecule has 0 amide bonds. The highest BCUT2D eigenvalue weighted by atomic mass is 32.3. The largest absolute Gasteiger partial charge is 0.460 e. The first-order valence-corrected chi connectivity index (χ1v) is 14.4. The molecular weight excluding hydrogens is 655 g/mol. The number of rotatable bonds is 10. The molecule has 0 aromatic carbocycles. The number of carbonyl (C=O) groups excluding carboxylic acids is 2. The van der Waals surface area contributed by atoms with Gasteiger partial charge in [-0.2, -0.15) is 48.3 Å². The fourth-order valence-electron chi connectivity index (χ4n) is 5.76. The summed E-state index contributed by atoms with van der Waals surface area (Å²) in [6.07, 6.45) is -7.55. The molecule has 4 bridgehead atoms. The van der Waals surface area contributed by atoms with Crippen LogP contribution in [0.3, 0.4) is 0 Å². The van der Waals surface area contributed by atoms with Gasteiger partial charge in [0, 0.05) is 12.0 Å². The van der Waals surface area contributed by atoms with Crippen LogP contribution < -0.4 is 4.13 Å². The van der Waals surface area contributed by atoms with E-state index >= 15 is 0 Å². The Morgan fingerprint density at radius 2 is 1.19 bits per heavy atom. The normalized spacial score (nSPS) is 28.9. The molecule has 0 aliphatic heterocycles. The van der Waals surface area contributed by atoms with E-state index < -0.39 is 94.1 Å². The maximum atomic E-state index is 14.7. The zero-order valence-electron chi connectivity index (χ0n) is 20.8. The number of halogens is 11. The molecule has 0 saturated heterocycles. The summed E-state index contributed by atoms with van der Waals surface area (Å²) < 4.78 is 204. The summed E-state index contributed by atoms with van der Waals surface area (Å²) in [6.45, 7) is 4.67. The van der Waals surface area contributed by atoms with Gasteiger partial charge in [0.15, 0.2) is 0 Å². The zero-order chi connectivity index (χ0) is 32.8. The highest BCUT2D eigenvalue weighted by molar-refractivity contribution is 8.06. The van der Waals surface area contributed by atoms with E-state index in [2.05, 4.69) is 6.58 Å². The number of nitrogens with one attached hydrogen (secondary N) is 1. The van der Waals surface area contributed by atoms with Gasteiger partial charge in [-0.15, -0.1) is 0 Å². The maximum absolute atomic E-state index is 14.7. The lowest BCUT2D eigenvalue weighted by atomic mass is 9.52. The van der Waals surface area contributed by atoms with E-state index in [1.807, 2.05) is 0 Å². The number of sulfonamides is 2. The Morgan fingerprint density at radius 1 is 0.762 bits per heavy atom. The molecule has 42 heavy (non-hydrogen) atoms. The molecule has 4 aliphatic rings. The van der Waals surface area contributed by atoms with Gasteiger partial charge in [-0.25, -0.2) is 26.4 Å². The van der Waals surface area contributed by atoms with E-state index in [4.69, 9.17) is 9.47 Å². The van der Waals surface area contributed by atoms with Crippen LogP contribution in [0, 0.1) is 11.8 Å². The first-order chi connectivity index (χ1) is 18.5. The van der Waals surface area contributed by atoms with Gasteiger partial charge in [0.2, 0.25) is 0 Å². The van der Waals surface area contributed by atoms with Crippen LogP contribution in [0.15, 0.2) is 12.2 Å². The molecule has 0 spiro atoms. The van der Waals surface area contributed by atoms with Crippen molar-refractivity contribution in [3.63, 3.8) is 0 Å². The second-order valence-corrected chi connectivity index (χ2v) is 14.4. The molecule has 0 heterocycles. The monoisotopic (exact) mass is 675 g/mol. The number of hydrogen-bond donors (Lipinski definition) is 1. The average Bonchev–Trinajstić information content (AvgIpc) is 2.75. The molecule has 4 aliphatic carbocycles. The van der Waals surface area contributed by atoms with Gasteiger partial charge in [-0.05, 0) is 50.9 Å². The SMILES string of the molecule is C=C(C)C(=O)OC12CC3CC(C1)CC(OC(=O)C(F)(F)S(=O)(=O)NS(=O)(=O)C(F)(F)C(F)(F)C(F)(F)C(F)(F)F)(C3)C2. The van der Waals surface area contributed by atoms with Crippen molar-refractivity contribution >= 4 is 32.0 Å². The van der Waals surface area contributed by atoms with Gasteiger partial charge in [0.25, 0.3) is 10.0 Å². The van der Waals surface area contributed by atoms with Crippen molar-refractivity contribution in [3.05, 3.63) is 12.2 Å². The fraction of sp³-hybridized carbons (Fsp3) is 0.800. The second kappa shape index (κ2) is 9.63. The summed E-state index contributed by atoms with van der Waals surface area (Å²) in [4.78, 5) is 24.5. The quantitative estimate of drug-likeness (QED) is 0.209. The van der Waals surface area contributed by atoms with Crippen molar-refractivity contribution < 1.29 is 84.2 Å². The van der Waals surface area contributed by atoms with E-state index in [0.29, 0.717) is 6.42 Å². The molecule has 9 nitrogen and oxygen atoms in total. The summed E-state index contributed by atoms with van der Waals surface area (Å²) in [5.74, 6) is -20.6.